The van der Waals surface area contributed by atoms with Crippen molar-refractivity contribution in [3.05, 3.63) is 136 Å². The number of carbonyl (C=O) groups is 2. The van der Waals surface area contributed by atoms with Crippen LogP contribution in [0.15, 0.2) is 108 Å². The number of nitro groups is 1. The molecule has 4 aromatic rings. The van der Waals surface area contributed by atoms with E-state index in [4.69, 9.17) is 43.2 Å². The van der Waals surface area contributed by atoms with E-state index in [1.165, 1.54) is 26.4 Å². The van der Waals surface area contributed by atoms with Crippen LogP contribution in [0, 0.1) is 27.9 Å². The summed E-state index contributed by atoms with van der Waals surface area (Å²) in [5, 5.41) is 36.3. The van der Waals surface area contributed by atoms with Gasteiger partial charge in [-0.1, -0.05) is 36.2 Å². The number of carbonyl (C=O) groups excluding carboxylic acids is 2. The van der Waals surface area contributed by atoms with Crippen LogP contribution in [0.3, 0.4) is 0 Å². The van der Waals surface area contributed by atoms with Crippen molar-refractivity contribution in [1.82, 2.24) is 4.90 Å². The summed E-state index contributed by atoms with van der Waals surface area (Å²) in [7, 11) is 2.81. The molecule has 8 rings (SSSR count). The number of ether oxygens (including phenoxy) is 7. The van der Waals surface area contributed by atoms with Crippen molar-refractivity contribution in [2.45, 2.75) is 75.8 Å². The molecule has 17 heteroatoms. The maximum absolute atomic E-state index is 14.4. The number of aliphatic hydroxyl groups excluding tert-OH is 2. The smallest absolute Gasteiger partial charge is 0.410 e. The molecular weight excluding hydrogens is 891 g/mol. The van der Waals surface area contributed by atoms with E-state index in [-0.39, 0.29) is 69.6 Å². The first-order valence-electron chi connectivity index (χ1n) is 23.1. The monoisotopic (exact) mass is 947 g/mol. The summed E-state index contributed by atoms with van der Waals surface area (Å²) in [6.07, 6.45) is 8.04. The van der Waals surface area contributed by atoms with Gasteiger partial charge in [-0.15, -0.1) is 6.58 Å². The molecule has 0 radical (unpaired) electrons. The van der Waals surface area contributed by atoms with Crippen LogP contribution in [0.2, 0.25) is 0 Å². The third-order valence-electron chi connectivity index (χ3n) is 13.3. The van der Waals surface area contributed by atoms with Gasteiger partial charge in [-0.3, -0.25) is 19.8 Å². The van der Waals surface area contributed by atoms with Crippen LogP contribution in [0.1, 0.15) is 77.9 Å². The molecular formula is C52H57N3O14. The van der Waals surface area contributed by atoms with Crippen molar-refractivity contribution < 1.29 is 62.7 Å². The molecule has 1 fully saturated rings. The number of non-ortho nitro benzene ring substituents is 1. The normalized spacial score (nSPS) is 22.3. The Labute approximate surface area is 400 Å². The molecule has 4 aliphatic rings. The summed E-state index contributed by atoms with van der Waals surface area (Å²) in [5.74, 6) is 0.157. The quantitative estimate of drug-likeness (QED) is 0.0248. The third kappa shape index (κ3) is 10.3. The van der Waals surface area contributed by atoms with Crippen LogP contribution in [0.4, 0.5) is 10.5 Å². The SMILES string of the molecule is C=CCOC12Oc3ccc(Oc4ccc(OC)c(C=O)c4)cc3C3C(CCCCO)C(CCCCO)C=C(C(=NOCc4ccc([N+](=O)[O-])cc4)CC1N(Cc1ccc4c(c1)OCO4)C(=O)OC)C32. The Balaban J connectivity index is 1.32. The molecule has 1 saturated carbocycles. The number of unbranched alkanes of at least 4 members (excludes halogenated alkanes) is 2. The maximum Gasteiger partial charge on any atom is 0.410 e. The Hall–Kier alpha value is -6.95. The first-order valence-corrected chi connectivity index (χ1v) is 23.1. The zero-order valence-electron chi connectivity index (χ0n) is 38.7. The van der Waals surface area contributed by atoms with Crippen molar-refractivity contribution in [1.29, 1.82) is 0 Å². The Morgan fingerprint density at radius 2 is 1.65 bits per heavy atom. The summed E-state index contributed by atoms with van der Waals surface area (Å²) in [4.78, 5) is 45.1. The Morgan fingerprint density at radius 1 is 0.928 bits per heavy atom. The minimum Gasteiger partial charge on any atom is -0.496 e. The number of rotatable bonds is 22. The van der Waals surface area contributed by atoms with E-state index in [9.17, 15) is 29.9 Å². The van der Waals surface area contributed by atoms with Crippen molar-refractivity contribution in [2.24, 2.45) is 22.9 Å². The van der Waals surface area contributed by atoms with Crippen molar-refractivity contribution >= 4 is 23.8 Å². The molecule has 2 aliphatic heterocycles. The lowest BCUT2D eigenvalue weighted by Gasteiger charge is -2.59. The van der Waals surface area contributed by atoms with Crippen LogP contribution in [0.5, 0.6) is 34.5 Å². The van der Waals surface area contributed by atoms with Gasteiger partial charge < -0.3 is 48.2 Å². The van der Waals surface area contributed by atoms with Crippen LogP contribution < -0.4 is 23.7 Å². The van der Waals surface area contributed by atoms with Crippen LogP contribution in [0.25, 0.3) is 0 Å². The summed E-state index contributed by atoms with van der Waals surface area (Å²) in [5.41, 5.74) is 3.80. The predicted molar refractivity (Wildman–Crippen MR) is 252 cm³/mol. The molecule has 2 heterocycles. The number of fused-ring (bicyclic) bond motifs is 3. The number of amides is 1. The van der Waals surface area contributed by atoms with E-state index < -0.39 is 28.8 Å². The second kappa shape index (κ2) is 22.0. The molecule has 0 spiro atoms. The van der Waals surface area contributed by atoms with Crippen molar-refractivity contribution in [3.63, 3.8) is 0 Å². The van der Waals surface area contributed by atoms with Gasteiger partial charge in [-0.05, 0) is 115 Å². The zero-order valence-corrected chi connectivity index (χ0v) is 38.7. The Kier molecular flexibility index (Phi) is 15.5. The lowest BCUT2D eigenvalue weighted by atomic mass is 9.55. The molecule has 2 N–H and O–H groups in total. The zero-order chi connectivity index (χ0) is 48.5. The van der Waals surface area contributed by atoms with E-state index in [2.05, 4.69) is 12.7 Å². The molecule has 364 valence electrons. The molecule has 0 bridgehead atoms. The highest BCUT2D eigenvalue weighted by molar-refractivity contribution is 6.03. The third-order valence-corrected chi connectivity index (χ3v) is 13.3. The van der Waals surface area contributed by atoms with Gasteiger partial charge in [-0.25, -0.2) is 4.79 Å². The first-order chi connectivity index (χ1) is 33.6. The fourth-order valence-electron chi connectivity index (χ4n) is 10.3. The highest BCUT2D eigenvalue weighted by atomic mass is 16.7. The first kappa shape index (κ1) is 48.5. The highest BCUT2D eigenvalue weighted by Gasteiger charge is 2.65. The van der Waals surface area contributed by atoms with Gasteiger partial charge >= 0.3 is 6.09 Å². The van der Waals surface area contributed by atoms with E-state index in [1.807, 2.05) is 24.3 Å². The van der Waals surface area contributed by atoms with Gasteiger partial charge in [0, 0.05) is 49.8 Å². The van der Waals surface area contributed by atoms with E-state index >= 15 is 0 Å². The molecule has 6 atom stereocenters. The summed E-state index contributed by atoms with van der Waals surface area (Å²) < 4.78 is 43.2. The van der Waals surface area contributed by atoms with Gasteiger partial charge in [0.15, 0.2) is 17.8 Å². The number of allylic oxidation sites excluding steroid dienone is 1. The van der Waals surface area contributed by atoms with Crippen molar-refractivity contribution in [2.75, 3.05) is 40.8 Å². The molecule has 2 aliphatic carbocycles. The average Bonchev–Trinajstić information content (AvgIpc) is 3.84. The molecule has 17 nitrogen and oxygen atoms in total. The molecule has 69 heavy (non-hydrogen) atoms. The number of nitrogens with zero attached hydrogens (tertiary/aromatic N) is 3. The minimum absolute atomic E-state index is 0.00944. The Morgan fingerprint density at radius 3 is 2.38 bits per heavy atom. The average molecular weight is 948 g/mol. The fraction of sp³-hybridized carbons (Fsp3) is 0.404. The van der Waals surface area contributed by atoms with Gasteiger partial charge in [0.05, 0.1) is 42.9 Å². The van der Waals surface area contributed by atoms with Crippen LogP contribution in [-0.4, -0.2) is 90.8 Å². The van der Waals surface area contributed by atoms with Gasteiger partial charge in [0.2, 0.25) is 12.6 Å². The fourth-order valence-corrected chi connectivity index (χ4v) is 10.3. The minimum atomic E-state index is -1.60. The largest absolute Gasteiger partial charge is 0.496 e. The lowest BCUT2D eigenvalue weighted by Crippen LogP contribution is -2.70. The Bertz CT molecular complexity index is 2560. The standard InChI is InChI=1S/C52H57N3O14/c1-4-23-66-52-48(54(51(59)63-3)29-34-13-18-46-47(24-34)65-32-64-46)28-43(53-67-31-33-11-14-37(15-12-33)55(60)61)41-26-35(9-5-7-21-56)40(10-6-8-22-57)49(50(41)52)42-27-39(17-20-45(42)69-52)68-38-16-19-44(62-2)36(25-38)30-58/h4,11-20,24-27,30,35,40,48-50,56-57H,1,5-10,21-23,28-29,31-32H2,2-3H3. The maximum atomic E-state index is 14.4. The summed E-state index contributed by atoms with van der Waals surface area (Å²) >= 11 is 0. The number of hydrogen-bond acceptors (Lipinski definition) is 15. The van der Waals surface area contributed by atoms with E-state index in [0.29, 0.717) is 83.3 Å². The number of methoxy groups -OCH3 is 2. The number of aldehydes is 1. The summed E-state index contributed by atoms with van der Waals surface area (Å²) in [6.45, 7) is 4.21. The molecule has 1 amide bonds. The van der Waals surface area contributed by atoms with Gasteiger partial charge in [0.1, 0.15) is 35.6 Å². The van der Waals surface area contributed by atoms with Gasteiger partial charge in [-0.2, -0.15) is 0 Å². The van der Waals surface area contributed by atoms with Gasteiger partial charge in [0.25, 0.3) is 5.69 Å². The molecule has 0 aromatic heterocycles. The number of benzene rings is 4. The van der Waals surface area contributed by atoms with Crippen LogP contribution >= 0.6 is 0 Å². The number of hydrogen-bond donors (Lipinski definition) is 2. The topological polar surface area (TPSA) is 207 Å². The number of aliphatic hydroxyl groups is 2. The second-order valence-corrected chi connectivity index (χ2v) is 17.4. The molecule has 6 unspecified atom stereocenters. The lowest BCUT2D eigenvalue weighted by molar-refractivity contribution is -0.384. The van der Waals surface area contributed by atoms with E-state index in [0.717, 1.165) is 29.5 Å². The number of oxime groups is 1. The highest BCUT2D eigenvalue weighted by Crippen LogP contribution is 2.62. The summed E-state index contributed by atoms with van der Waals surface area (Å²) in [6, 6.07) is 21.2. The predicted octanol–water partition coefficient (Wildman–Crippen LogP) is 9.04. The molecule has 0 saturated heterocycles. The second-order valence-electron chi connectivity index (χ2n) is 17.4. The molecule has 4 aromatic carbocycles. The van der Waals surface area contributed by atoms with Crippen molar-refractivity contribution in [3.8, 4) is 34.5 Å². The van der Waals surface area contributed by atoms with E-state index in [1.54, 1.807) is 53.4 Å². The number of nitro benzene ring substituents is 1. The van der Waals surface area contributed by atoms with Crippen LogP contribution in [-0.2, 0) is 27.5 Å².